The van der Waals surface area contributed by atoms with Crippen molar-refractivity contribution in [3.8, 4) is 11.5 Å². The van der Waals surface area contributed by atoms with Gasteiger partial charge in [0.25, 0.3) is 5.78 Å². The van der Waals surface area contributed by atoms with Gasteiger partial charge < -0.3 is 14.6 Å². The molecule has 8 heteroatoms. The normalized spacial score (nSPS) is 16.8. The number of benzene rings is 3. The van der Waals surface area contributed by atoms with Crippen LogP contribution in [0.25, 0.3) is 16.0 Å². The maximum Gasteiger partial charge on any atom is 0.301 e. The number of carbonyl (C=O) groups is 2. The summed E-state index contributed by atoms with van der Waals surface area (Å²) >= 11 is 1.35. The molecule has 1 saturated heterocycles. The highest BCUT2D eigenvalue weighted by Crippen LogP contribution is 2.44. The van der Waals surface area contributed by atoms with Crippen molar-refractivity contribution in [3.05, 3.63) is 89.0 Å². The number of ether oxygens (including phenoxy) is 2. The Kier molecular flexibility index (Phi) is 7.15. The van der Waals surface area contributed by atoms with Crippen LogP contribution in [0.15, 0.2) is 72.3 Å². The van der Waals surface area contributed by atoms with Crippen molar-refractivity contribution in [3.63, 3.8) is 0 Å². The number of anilines is 1. The molecule has 3 aromatic carbocycles. The van der Waals surface area contributed by atoms with Gasteiger partial charge >= 0.3 is 5.91 Å². The Bertz CT molecular complexity index is 1520. The Labute approximate surface area is 225 Å². The monoisotopic (exact) mass is 528 g/mol. The van der Waals surface area contributed by atoms with E-state index in [1.54, 1.807) is 31.4 Å². The second-order valence-corrected chi connectivity index (χ2v) is 9.98. The molecule has 1 aromatic heterocycles. The molecule has 0 saturated carbocycles. The van der Waals surface area contributed by atoms with E-state index in [2.05, 4.69) is 13.0 Å². The van der Waals surface area contributed by atoms with Crippen molar-refractivity contribution in [2.45, 2.75) is 32.7 Å². The van der Waals surface area contributed by atoms with Crippen LogP contribution in [-0.4, -0.2) is 35.5 Å². The first kappa shape index (κ1) is 25.5. The first-order valence-corrected chi connectivity index (χ1v) is 13.3. The van der Waals surface area contributed by atoms with E-state index in [0.29, 0.717) is 34.4 Å². The minimum absolute atomic E-state index is 0.0101. The second kappa shape index (κ2) is 10.7. The van der Waals surface area contributed by atoms with E-state index in [1.165, 1.54) is 16.2 Å². The van der Waals surface area contributed by atoms with Gasteiger partial charge in [-0.25, -0.2) is 4.98 Å². The molecule has 1 fully saturated rings. The molecule has 1 N–H and O–H groups in total. The maximum absolute atomic E-state index is 13.5. The number of amides is 1. The summed E-state index contributed by atoms with van der Waals surface area (Å²) in [7, 11) is 1.55. The molecular formula is C30H28N2O5S. The number of aromatic nitrogens is 1. The van der Waals surface area contributed by atoms with Gasteiger partial charge in [0.2, 0.25) is 0 Å². The number of hydrogen-bond donors (Lipinski definition) is 1. The molecule has 7 nitrogen and oxygen atoms in total. The highest BCUT2D eigenvalue weighted by atomic mass is 32.1. The van der Waals surface area contributed by atoms with Crippen molar-refractivity contribution < 1.29 is 24.2 Å². The molecule has 1 aliphatic rings. The number of Topliss-reactive ketones (excluding diaryl/α,β-unsaturated/α-hetero) is 1. The fourth-order valence-corrected chi connectivity index (χ4v) is 5.55. The van der Waals surface area contributed by atoms with E-state index in [-0.39, 0.29) is 11.3 Å². The van der Waals surface area contributed by atoms with Gasteiger partial charge in [0.15, 0.2) is 5.13 Å². The summed E-state index contributed by atoms with van der Waals surface area (Å²) in [4.78, 5) is 33.1. The minimum atomic E-state index is -0.858. The van der Waals surface area contributed by atoms with E-state index in [9.17, 15) is 14.7 Å². The van der Waals surface area contributed by atoms with Gasteiger partial charge in [-0.2, -0.15) is 0 Å². The molecule has 194 valence electrons. The Morgan fingerprint density at radius 3 is 2.37 bits per heavy atom. The molecule has 0 radical (unpaired) electrons. The van der Waals surface area contributed by atoms with Gasteiger partial charge in [0.1, 0.15) is 17.3 Å². The van der Waals surface area contributed by atoms with Crippen LogP contribution in [0.1, 0.15) is 43.0 Å². The van der Waals surface area contributed by atoms with Crippen LogP contribution >= 0.6 is 11.3 Å². The van der Waals surface area contributed by atoms with Crippen LogP contribution in [0.5, 0.6) is 11.5 Å². The highest BCUT2D eigenvalue weighted by Gasteiger charge is 2.48. The number of methoxy groups -OCH3 is 1. The van der Waals surface area contributed by atoms with Crippen molar-refractivity contribution in [1.29, 1.82) is 0 Å². The fourth-order valence-electron chi connectivity index (χ4n) is 4.50. The van der Waals surface area contributed by atoms with Gasteiger partial charge in [-0.15, -0.1) is 0 Å². The first-order chi connectivity index (χ1) is 18.4. The number of aliphatic hydroxyl groups is 1. The number of fused-ring (bicyclic) bond motifs is 1. The minimum Gasteiger partial charge on any atom is -0.507 e. The van der Waals surface area contributed by atoms with Crippen LogP contribution in [0.3, 0.4) is 0 Å². The topological polar surface area (TPSA) is 89.0 Å². The summed E-state index contributed by atoms with van der Waals surface area (Å²) in [6, 6.07) is 19.1. The number of thiazole rings is 1. The Hall–Kier alpha value is -4.17. The molecule has 1 atom stereocenters. The predicted molar refractivity (Wildman–Crippen MR) is 149 cm³/mol. The van der Waals surface area contributed by atoms with E-state index in [0.717, 1.165) is 28.6 Å². The highest BCUT2D eigenvalue weighted by molar-refractivity contribution is 7.22. The van der Waals surface area contributed by atoms with Crippen molar-refractivity contribution in [2.24, 2.45) is 0 Å². The average molecular weight is 529 g/mol. The SMILES string of the molecule is CCCOc1ccc([C@H]2/C(=C(\O)c3ccc(OC)cc3)C(=O)C(=O)N2c2nc3ccc(CC)cc3s2)cc1. The lowest BCUT2D eigenvalue weighted by Gasteiger charge is -2.23. The second-order valence-electron chi connectivity index (χ2n) is 8.97. The molecule has 0 unspecified atom stereocenters. The molecule has 0 bridgehead atoms. The van der Waals surface area contributed by atoms with Gasteiger partial charge in [-0.05, 0) is 72.5 Å². The van der Waals surface area contributed by atoms with Crippen LogP contribution in [0, 0.1) is 0 Å². The zero-order chi connectivity index (χ0) is 26.8. The van der Waals surface area contributed by atoms with Gasteiger partial charge in [-0.3, -0.25) is 14.5 Å². The van der Waals surface area contributed by atoms with Gasteiger partial charge in [-0.1, -0.05) is 43.4 Å². The maximum atomic E-state index is 13.5. The molecule has 38 heavy (non-hydrogen) atoms. The number of carbonyl (C=O) groups excluding carboxylic acids is 2. The number of hydrogen-bond acceptors (Lipinski definition) is 7. The summed E-state index contributed by atoms with van der Waals surface area (Å²) in [5.41, 5.74) is 3.00. The molecule has 2 heterocycles. The molecule has 1 amide bonds. The Morgan fingerprint density at radius 2 is 1.71 bits per heavy atom. The van der Waals surface area contributed by atoms with Crippen LogP contribution < -0.4 is 14.4 Å². The van der Waals surface area contributed by atoms with Crippen LogP contribution in [0.2, 0.25) is 0 Å². The average Bonchev–Trinajstić information content (AvgIpc) is 3.49. The standard InChI is InChI=1S/C30H28N2O5S/c1-4-16-37-22-13-7-19(8-14-22)26-25(27(33)20-9-11-21(36-3)12-10-20)28(34)29(35)32(26)30-31-23-15-6-18(5-2)17-24(23)38-30/h6-15,17,26,33H,4-5,16H2,1-3H3/b27-25+/t26-/m0/s1. The van der Waals surface area contributed by atoms with E-state index < -0.39 is 17.7 Å². The number of rotatable bonds is 8. The van der Waals surface area contributed by atoms with Crippen molar-refractivity contribution in [1.82, 2.24) is 4.98 Å². The van der Waals surface area contributed by atoms with E-state index >= 15 is 0 Å². The largest absolute Gasteiger partial charge is 0.507 e. The summed E-state index contributed by atoms with van der Waals surface area (Å²) in [6.45, 7) is 4.69. The van der Waals surface area contributed by atoms with Crippen LogP contribution in [-0.2, 0) is 16.0 Å². The summed E-state index contributed by atoms with van der Waals surface area (Å²) < 4.78 is 11.9. The Balaban J connectivity index is 1.65. The molecule has 5 rings (SSSR count). The lowest BCUT2D eigenvalue weighted by molar-refractivity contribution is -0.132. The van der Waals surface area contributed by atoms with Crippen molar-refractivity contribution in [2.75, 3.05) is 18.6 Å². The van der Waals surface area contributed by atoms with Crippen molar-refractivity contribution >= 4 is 44.1 Å². The molecule has 1 aliphatic heterocycles. The zero-order valence-electron chi connectivity index (χ0n) is 21.4. The molecular weight excluding hydrogens is 500 g/mol. The van der Waals surface area contributed by atoms with Gasteiger partial charge in [0, 0.05) is 5.56 Å². The smallest absolute Gasteiger partial charge is 0.301 e. The number of nitrogens with zero attached hydrogens (tertiary/aromatic N) is 2. The third-order valence-electron chi connectivity index (χ3n) is 6.53. The summed E-state index contributed by atoms with van der Waals surface area (Å²) in [5, 5.41) is 11.7. The number of ketones is 1. The third kappa shape index (κ3) is 4.63. The number of aliphatic hydroxyl groups excluding tert-OH is 1. The molecule has 4 aromatic rings. The third-order valence-corrected chi connectivity index (χ3v) is 7.55. The first-order valence-electron chi connectivity index (χ1n) is 12.5. The zero-order valence-corrected chi connectivity index (χ0v) is 22.2. The molecule has 0 aliphatic carbocycles. The summed E-state index contributed by atoms with van der Waals surface area (Å²) in [6.07, 6.45) is 1.75. The Morgan fingerprint density at radius 1 is 1.00 bits per heavy atom. The quantitative estimate of drug-likeness (QED) is 0.164. The lowest BCUT2D eigenvalue weighted by Crippen LogP contribution is -2.29. The van der Waals surface area contributed by atoms with E-state index in [1.807, 2.05) is 43.3 Å². The fraction of sp³-hybridized carbons (Fsp3) is 0.233. The van der Waals surface area contributed by atoms with Gasteiger partial charge in [0.05, 0.1) is 35.5 Å². The molecule has 0 spiro atoms. The predicted octanol–water partition coefficient (Wildman–Crippen LogP) is 6.28. The van der Waals surface area contributed by atoms with E-state index in [4.69, 9.17) is 14.5 Å². The lowest BCUT2D eigenvalue weighted by atomic mass is 9.95. The number of aryl methyl sites for hydroxylation is 1. The van der Waals surface area contributed by atoms with Crippen LogP contribution in [0.4, 0.5) is 5.13 Å². The summed E-state index contributed by atoms with van der Waals surface area (Å²) in [5.74, 6) is -0.439.